The molecule has 1 aliphatic rings. The predicted molar refractivity (Wildman–Crippen MR) is 96.3 cm³/mol. The van der Waals surface area contributed by atoms with Crippen LogP contribution < -0.4 is 16.0 Å². The number of ether oxygens (including phenoxy) is 1. The molecular weight excluding hydrogens is 383 g/mol. The van der Waals surface area contributed by atoms with E-state index < -0.39 is 0 Å². The van der Waals surface area contributed by atoms with Crippen molar-refractivity contribution in [2.24, 2.45) is 4.99 Å². The van der Waals surface area contributed by atoms with Gasteiger partial charge < -0.3 is 20.7 Å². The largest absolute Gasteiger partial charge is 0.385 e. The summed E-state index contributed by atoms with van der Waals surface area (Å²) in [5.74, 6) is 0.965. The van der Waals surface area contributed by atoms with Gasteiger partial charge in [0.15, 0.2) is 5.96 Å². The number of rotatable bonds is 10. The molecule has 0 radical (unpaired) electrons. The van der Waals surface area contributed by atoms with Crippen LogP contribution in [0.3, 0.4) is 0 Å². The van der Waals surface area contributed by atoms with E-state index in [1.165, 1.54) is 0 Å². The second-order valence-electron chi connectivity index (χ2n) is 4.98. The third kappa shape index (κ3) is 11.7. The normalized spacial score (nSPS) is 14.3. The number of aliphatic imine (C=N–C) groups is 1. The maximum Gasteiger partial charge on any atom is 0.220 e. The number of amides is 1. The lowest BCUT2D eigenvalue weighted by Crippen LogP contribution is -2.38. The van der Waals surface area contributed by atoms with Gasteiger partial charge in [-0.15, -0.1) is 24.0 Å². The summed E-state index contributed by atoms with van der Waals surface area (Å²) in [4.78, 5) is 16.0. The number of methoxy groups -OCH3 is 1. The van der Waals surface area contributed by atoms with Crippen LogP contribution in [0.25, 0.3) is 0 Å². The van der Waals surface area contributed by atoms with Crippen LogP contribution in [0.5, 0.6) is 0 Å². The molecule has 0 atom stereocenters. The minimum absolute atomic E-state index is 0. The Labute approximate surface area is 144 Å². The molecule has 7 heteroatoms. The van der Waals surface area contributed by atoms with E-state index in [1.807, 2.05) is 6.92 Å². The lowest BCUT2D eigenvalue weighted by Gasteiger charge is -2.10. The van der Waals surface area contributed by atoms with Crippen molar-refractivity contribution in [1.29, 1.82) is 0 Å². The van der Waals surface area contributed by atoms with E-state index in [4.69, 9.17) is 4.74 Å². The average Bonchev–Trinajstić information content (AvgIpc) is 3.23. The Hall–Kier alpha value is -0.570. The molecule has 0 aromatic heterocycles. The highest BCUT2D eigenvalue weighted by atomic mass is 127. The van der Waals surface area contributed by atoms with Crippen LogP contribution >= 0.6 is 24.0 Å². The molecule has 1 fully saturated rings. The molecule has 0 aliphatic heterocycles. The lowest BCUT2D eigenvalue weighted by atomic mass is 10.3. The van der Waals surface area contributed by atoms with Gasteiger partial charge in [0.05, 0.1) is 0 Å². The van der Waals surface area contributed by atoms with Gasteiger partial charge in [-0.2, -0.15) is 0 Å². The van der Waals surface area contributed by atoms with Gasteiger partial charge in [-0.1, -0.05) is 0 Å². The van der Waals surface area contributed by atoms with Crippen LogP contribution in [0.15, 0.2) is 4.99 Å². The maximum absolute atomic E-state index is 11.5. The number of hydrogen-bond acceptors (Lipinski definition) is 3. The van der Waals surface area contributed by atoms with E-state index in [0.29, 0.717) is 19.0 Å². The quantitative estimate of drug-likeness (QED) is 0.219. The summed E-state index contributed by atoms with van der Waals surface area (Å²) in [7, 11) is 1.70. The second kappa shape index (κ2) is 13.1. The van der Waals surface area contributed by atoms with Crippen LogP contribution in [-0.4, -0.2) is 51.3 Å². The van der Waals surface area contributed by atoms with Crippen molar-refractivity contribution in [3.8, 4) is 0 Å². The van der Waals surface area contributed by atoms with E-state index in [2.05, 4.69) is 20.9 Å². The van der Waals surface area contributed by atoms with Crippen LogP contribution in [0, 0.1) is 0 Å². The summed E-state index contributed by atoms with van der Waals surface area (Å²) in [6.45, 7) is 5.11. The van der Waals surface area contributed by atoms with Gasteiger partial charge in [0.2, 0.25) is 5.91 Å². The first kappa shape index (κ1) is 20.4. The number of nitrogens with one attached hydrogen (secondary N) is 3. The van der Waals surface area contributed by atoms with Crippen molar-refractivity contribution in [2.75, 3.05) is 33.4 Å². The van der Waals surface area contributed by atoms with Crippen LogP contribution in [0.1, 0.15) is 39.0 Å². The third-order valence-corrected chi connectivity index (χ3v) is 2.94. The molecule has 0 aromatic rings. The molecule has 124 valence electrons. The van der Waals surface area contributed by atoms with E-state index in [9.17, 15) is 4.79 Å². The summed E-state index contributed by atoms with van der Waals surface area (Å²) in [6, 6.07) is 0.450. The minimum atomic E-state index is 0. The van der Waals surface area contributed by atoms with E-state index in [-0.39, 0.29) is 29.9 Å². The number of carbonyl (C=O) groups excluding carboxylic acids is 1. The highest BCUT2D eigenvalue weighted by molar-refractivity contribution is 14.0. The zero-order valence-electron chi connectivity index (χ0n) is 13.1. The summed E-state index contributed by atoms with van der Waals surface area (Å²) in [6.07, 6.45) is 4.57. The minimum Gasteiger partial charge on any atom is -0.385 e. The summed E-state index contributed by atoms with van der Waals surface area (Å²) in [5, 5.41) is 9.41. The van der Waals surface area contributed by atoms with Crippen LogP contribution in [0.2, 0.25) is 0 Å². The van der Waals surface area contributed by atoms with Crippen LogP contribution in [0.4, 0.5) is 0 Å². The van der Waals surface area contributed by atoms with Gasteiger partial charge in [0.1, 0.15) is 0 Å². The Balaban J connectivity index is 0.00000400. The molecule has 1 saturated carbocycles. The molecule has 0 bridgehead atoms. The first-order valence-corrected chi connectivity index (χ1v) is 7.56. The van der Waals surface area contributed by atoms with Crippen molar-refractivity contribution in [1.82, 2.24) is 16.0 Å². The fourth-order valence-electron chi connectivity index (χ4n) is 1.72. The number of nitrogens with zero attached hydrogens (tertiary/aromatic N) is 1. The van der Waals surface area contributed by atoms with Crippen molar-refractivity contribution >= 4 is 35.8 Å². The third-order valence-electron chi connectivity index (χ3n) is 2.94. The zero-order chi connectivity index (χ0) is 14.6. The first-order chi connectivity index (χ1) is 9.76. The molecular formula is C14H29IN4O2. The molecule has 1 rings (SSSR count). The predicted octanol–water partition coefficient (Wildman–Crippen LogP) is 1.25. The molecule has 0 unspecified atom stereocenters. The number of halogens is 1. The zero-order valence-corrected chi connectivity index (χ0v) is 15.4. The first-order valence-electron chi connectivity index (χ1n) is 7.56. The summed E-state index contributed by atoms with van der Waals surface area (Å²) in [5.41, 5.74) is 0. The molecule has 1 aliphatic carbocycles. The SMILES string of the molecule is CCNC(=NCCCC(=O)NC1CC1)NCCCOC.I. The summed E-state index contributed by atoms with van der Waals surface area (Å²) < 4.78 is 5.00. The summed E-state index contributed by atoms with van der Waals surface area (Å²) >= 11 is 0. The Morgan fingerprint density at radius 1 is 1.29 bits per heavy atom. The standard InChI is InChI=1S/C14H28N4O2.HI/c1-3-15-14(17-10-5-11-20-2)16-9-4-6-13(19)18-12-7-8-12;/h12H,3-11H2,1-2H3,(H,18,19)(H2,15,16,17);1H. The van der Waals surface area contributed by atoms with Gasteiger partial charge >= 0.3 is 0 Å². The van der Waals surface area contributed by atoms with Gasteiger partial charge in [0.25, 0.3) is 0 Å². The van der Waals surface area contributed by atoms with Gasteiger partial charge in [-0.25, -0.2) is 0 Å². The number of hydrogen-bond donors (Lipinski definition) is 3. The maximum atomic E-state index is 11.5. The highest BCUT2D eigenvalue weighted by Crippen LogP contribution is 2.18. The molecule has 0 aromatic carbocycles. The molecule has 0 saturated heterocycles. The Kier molecular flexibility index (Phi) is 12.8. The van der Waals surface area contributed by atoms with Crippen molar-refractivity contribution in [2.45, 2.75) is 45.1 Å². The van der Waals surface area contributed by atoms with Gasteiger partial charge in [-0.3, -0.25) is 9.79 Å². The fraction of sp³-hybridized carbons (Fsp3) is 0.857. The average molecular weight is 412 g/mol. The Bertz CT molecular complexity index is 309. The topological polar surface area (TPSA) is 74.8 Å². The number of carbonyl (C=O) groups is 1. The molecule has 3 N–H and O–H groups in total. The Morgan fingerprint density at radius 2 is 2.05 bits per heavy atom. The second-order valence-corrected chi connectivity index (χ2v) is 4.98. The van der Waals surface area contributed by atoms with E-state index >= 15 is 0 Å². The smallest absolute Gasteiger partial charge is 0.220 e. The van der Waals surface area contributed by atoms with Gasteiger partial charge in [0, 0.05) is 45.8 Å². The van der Waals surface area contributed by atoms with Gasteiger partial charge in [-0.05, 0) is 32.6 Å². The molecule has 21 heavy (non-hydrogen) atoms. The number of guanidine groups is 1. The molecule has 6 nitrogen and oxygen atoms in total. The van der Waals surface area contributed by atoms with Crippen molar-refractivity contribution in [3.05, 3.63) is 0 Å². The van der Waals surface area contributed by atoms with Crippen molar-refractivity contribution < 1.29 is 9.53 Å². The monoisotopic (exact) mass is 412 g/mol. The van der Waals surface area contributed by atoms with E-state index in [0.717, 1.165) is 51.3 Å². The van der Waals surface area contributed by atoms with E-state index in [1.54, 1.807) is 7.11 Å². The van der Waals surface area contributed by atoms with Crippen molar-refractivity contribution in [3.63, 3.8) is 0 Å². The molecule has 0 heterocycles. The molecule has 0 spiro atoms. The molecule has 1 amide bonds. The fourth-order valence-corrected chi connectivity index (χ4v) is 1.72. The van der Waals surface area contributed by atoms with Crippen LogP contribution in [-0.2, 0) is 9.53 Å². The Morgan fingerprint density at radius 3 is 2.67 bits per heavy atom. The highest BCUT2D eigenvalue weighted by Gasteiger charge is 2.22. The lowest BCUT2D eigenvalue weighted by molar-refractivity contribution is -0.121.